The SMILES string of the molecule is CC(C)N(C(=O)COC(=O)CNC(=O)c1sc2ccccc2c1Cl)c1ccccc1. The first kappa shape index (κ1) is 21.8. The maximum absolute atomic E-state index is 12.5. The molecule has 2 aromatic carbocycles. The molecule has 0 aliphatic heterocycles. The number of thiophene rings is 1. The van der Waals surface area contributed by atoms with Crippen LogP contribution in [-0.2, 0) is 14.3 Å². The number of fused-ring (bicyclic) bond motifs is 1. The van der Waals surface area contributed by atoms with E-state index >= 15 is 0 Å². The molecule has 0 saturated heterocycles. The molecule has 0 atom stereocenters. The van der Waals surface area contributed by atoms with Gasteiger partial charge in [0.15, 0.2) is 6.61 Å². The molecule has 3 rings (SSSR count). The van der Waals surface area contributed by atoms with E-state index in [1.165, 1.54) is 11.3 Å². The number of benzene rings is 2. The van der Waals surface area contributed by atoms with Crippen LogP contribution < -0.4 is 10.2 Å². The van der Waals surface area contributed by atoms with E-state index in [1.54, 1.807) is 4.90 Å². The van der Waals surface area contributed by atoms with Crippen LogP contribution in [0, 0.1) is 0 Å². The summed E-state index contributed by atoms with van der Waals surface area (Å²) in [7, 11) is 0. The number of esters is 1. The van der Waals surface area contributed by atoms with Gasteiger partial charge in [-0.3, -0.25) is 14.4 Å². The molecule has 0 spiro atoms. The molecule has 0 fully saturated rings. The maximum atomic E-state index is 12.5. The van der Waals surface area contributed by atoms with Crippen LogP contribution in [0.3, 0.4) is 0 Å². The molecule has 6 nitrogen and oxygen atoms in total. The summed E-state index contributed by atoms with van der Waals surface area (Å²) in [4.78, 5) is 38.9. The molecule has 0 bridgehead atoms. The highest BCUT2D eigenvalue weighted by atomic mass is 35.5. The summed E-state index contributed by atoms with van der Waals surface area (Å²) in [5.74, 6) is -1.51. The average molecular weight is 445 g/mol. The van der Waals surface area contributed by atoms with Crippen molar-refractivity contribution in [3.8, 4) is 0 Å². The van der Waals surface area contributed by atoms with Crippen molar-refractivity contribution in [2.75, 3.05) is 18.1 Å². The fourth-order valence-electron chi connectivity index (χ4n) is 2.97. The van der Waals surface area contributed by atoms with E-state index in [1.807, 2.05) is 68.4 Å². The highest BCUT2D eigenvalue weighted by Gasteiger charge is 2.21. The third-order valence-corrected chi connectivity index (χ3v) is 5.98. The van der Waals surface area contributed by atoms with Crippen molar-refractivity contribution in [1.82, 2.24) is 5.32 Å². The van der Waals surface area contributed by atoms with Gasteiger partial charge in [0, 0.05) is 21.8 Å². The number of nitrogens with one attached hydrogen (secondary N) is 1. The Morgan fingerprint density at radius 1 is 1.07 bits per heavy atom. The Bertz CT molecular complexity index is 1070. The van der Waals surface area contributed by atoms with Gasteiger partial charge in [-0.25, -0.2) is 0 Å². The minimum atomic E-state index is -0.703. The number of carbonyl (C=O) groups is 3. The van der Waals surface area contributed by atoms with Crippen molar-refractivity contribution in [2.24, 2.45) is 0 Å². The van der Waals surface area contributed by atoms with Gasteiger partial charge in [0.2, 0.25) is 0 Å². The lowest BCUT2D eigenvalue weighted by Crippen LogP contribution is -2.40. The zero-order chi connectivity index (χ0) is 21.7. The van der Waals surface area contributed by atoms with Crippen LogP contribution >= 0.6 is 22.9 Å². The molecule has 1 N–H and O–H groups in total. The molecule has 1 heterocycles. The van der Waals surface area contributed by atoms with Gasteiger partial charge < -0.3 is 15.0 Å². The van der Waals surface area contributed by atoms with Crippen molar-refractivity contribution in [2.45, 2.75) is 19.9 Å². The zero-order valence-electron chi connectivity index (χ0n) is 16.6. The highest BCUT2D eigenvalue weighted by molar-refractivity contribution is 7.21. The molecule has 3 aromatic rings. The second-order valence-electron chi connectivity index (χ2n) is 6.78. The number of para-hydroxylation sites is 1. The van der Waals surface area contributed by atoms with Crippen molar-refractivity contribution in [3.05, 3.63) is 64.5 Å². The smallest absolute Gasteiger partial charge is 0.325 e. The van der Waals surface area contributed by atoms with Crippen LogP contribution in [0.1, 0.15) is 23.5 Å². The van der Waals surface area contributed by atoms with Crippen LogP contribution in [0.25, 0.3) is 10.1 Å². The zero-order valence-corrected chi connectivity index (χ0v) is 18.1. The first-order chi connectivity index (χ1) is 14.4. The molecule has 0 radical (unpaired) electrons. The molecule has 0 saturated carbocycles. The standard InChI is InChI=1S/C22H21ClN2O4S/c1-14(2)25(15-8-4-3-5-9-15)18(26)13-29-19(27)12-24-22(28)21-20(23)16-10-6-7-11-17(16)30-21/h3-11,14H,12-13H2,1-2H3,(H,24,28). The summed E-state index contributed by atoms with van der Waals surface area (Å²) < 4.78 is 5.94. The first-order valence-electron chi connectivity index (χ1n) is 9.36. The van der Waals surface area contributed by atoms with E-state index in [2.05, 4.69) is 5.32 Å². The van der Waals surface area contributed by atoms with Gasteiger partial charge in [-0.15, -0.1) is 11.3 Å². The predicted molar refractivity (Wildman–Crippen MR) is 119 cm³/mol. The molecule has 8 heteroatoms. The van der Waals surface area contributed by atoms with Crippen molar-refractivity contribution >= 4 is 56.5 Å². The van der Waals surface area contributed by atoms with Gasteiger partial charge in [-0.1, -0.05) is 48.0 Å². The third-order valence-electron chi connectivity index (χ3n) is 4.31. The van der Waals surface area contributed by atoms with Crippen LogP contribution in [-0.4, -0.2) is 37.0 Å². The number of hydrogen-bond donors (Lipinski definition) is 1. The lowest BCUT2D eigenvalue weighted by Gasteiger charge is -2.26. The Labute approximate surface area is 183 Å². The monoisotopic (exact) mass is 444 g/mol. The number of amides is 2. The normalized spacial score (nSPS) is 10.8. The lowest BCUT2D eigenvalue weighted by atomic mass is 10.2. The summed E-state index contributed by atoms with van der Waals surface area (Å²) in [5.41, 5.74) is 0.723. The molecule has 156 valence electrons. The summed E-state index contributed by atoms with van der Waals surface area (Å²) in [6.07, 6.45) is 0. The number of anilines is 1. The minimum Gasteiger partial charge on any atom is -0.454 e. The molecule has 0 aliphatic rings. The van der Waals surface area contributed by atoms with Crippen LogP contribution in [0.5, 0.6) is 0 Å². The largest absolute Gasteiger partial charge is 0.454 e. The van der Waals surface area contributed by atoms with Crippen molar-refractivity contribution < 1.29 is 19.1 Å². The van der Waals surface area contributed by atoms with Gasteiger partial charge in [0.25, 0.3) is 11.8 Å². The molecule has 0 unspecified atom stereocenters. The Balaban J connectivity index is 1.54. The van der Waals surface area contributed by atoms with Gasteiger partial charge in [0.1, 0.15) is 11.4 Å². The summed E-state index contributed by atoms with van der Waals surface area (Å²) >= 11 is 7.53. The number of rotatable bonds is 7. The highest BCUT2D eigenvalue weighted by Crippen LogP contribution is 2.34. The quantitative estimate of drug-likeness (QED) is 0.552. The first-order valence-corrected chi connectivity index (χ1v) is 10.6. The molecule has 1 aromatic heterocycles. The lowest BCUT2D eigenvalue weighted by molar-refractivity contribution is -0.146. The fourth-order valence-corrected chi connectivity index (χ4v) is 4.41. The number of nitrogens with zero attached hydrogens (tertiary/aromatic N) is 1. The van der Waals surface area contributed by atoms with E-state index in [9.17, 15) is 14.4 Å². The summed E-state index contributed by atoms with van der Waals surface area (Å²) in [5, 5.41) is 3.64. The Kier molecular flexibility index (Phi) is 7.07. The minimum absolute atomic E-state index is 0.103. The van der Waals surface area contributed by atoms with Crippen molar-refractivity contribution in [3.63, 3.8) is 0 Å². The van der Waals surface area contributed by atoms with Gasteiger partial charge in [-0.2, -0.15) is 0 Å². The fraction of sp³-hybridized carbons (Fsp3) is 0.227. The molecular formula is C22H21ClN2O4S. The van der Waals surface area contributed by atoms with Crippen molar-refractivity contribution in [1.29, 1.82) is 0 Å². The molecule has 0 aliphatic carbocycles. The third kappa shape index (κ3) is 4.98. The van der Waals surface area contributed by atoms with Crippen LogP contribution in [0.2, 0.25) is 5.02 Å². The van der Waals surface area contributed by atoms with Crippen LogP contribution in [0.4, 0.5) is 5.69 Å². The van der Waals surface area contributed by atoms with E-state index < -0.39 is 18.5 Å². The second kappa shape index (κ2) is 9.73. The topological polar surface area (TPSA) is 75.7 Å². The van der Waals surface area contributed by atoms with Gasteiger partial charge >= 0.3 is 5.97 Å². The van der Waals surface area contributed by atoms with E-state index in [0.717, 1.165) is 15.8 Å². The van der Waals surface area contributed by atoms with Crippen LogP contribution in [0.15, 0.2) is 54.6 Å². The second-order valence-corrected chi connectivity index (χ2v) is 8.21. The van der Waals surface area contributed by atoms with Gasteiger partial charge in [-0.05, 0) is 32.0 Å². The predicted octanol–water partition coefficient (Wildman–Crippen LogP) is 4.27. The van der Waals surface area contributed by atoms with E-state index in [4.69, 9.17) is 16.3 Å². The summed E-state index contributed by atoms with van der Waals surface area (Å²) in [6.45, 7) is 2.98. The number of carbonyl (C=O) groups excluding carboxylic acids is 3. The van der Waals surface area contributed by atoms with E-state index in [0.29, 0.717) is 9.90 Å². The number of ether oxygens (including phenoxy) is 1. The molecule has 30 heavy (non-hydrogen) atoms. The number of hydrogen-bond acceptors (Lipinski definition) is 5. The Morgan fingerprint density at radius 3 is 2.40 bits per heavy atom. The molecule has 2 amide bonds. The average Bonchev–Trinajstić information content (AvgIpc) is 3.08. The number of halogens is 1. The van der Waals surface area contributed by atoms with Gasteiger partial charge in [0.05, 0.1) is 5.02 Å². The maximum Gasteiger partial charge on any atom is 0.325 e. The van der Waals surface area contributed by atoms with E-state index in [-0.39, 0.29) is 18.5 Å². The molecular weight excluding hydrogens is 424 g/mol. The Morgan fingerprint density at radius 2 is 1.73 bits per heavy atom. The summed E-state index contributed by atoms with van der Waals surface area (Å²) in [6, 6.07) is 16.5. The Hall–Kier alpha value is -2.90.